The van der Waals surface area contributed by atoms with Crippen LogP contribution in [0.2, 0.25) is 0 Å². The van der Waals surface area contributed by atoms with Crippen LogP contribution >= 0.6 is 0 Å². The van der Waals surface area contributed by atoms with Crippen molar-refractivity contribution in [3.8, 4) is 11.5 Å². The molecule has 3 aromatic rings. The molecule has 0 saturated heterocycles. The Kier molecular flexibility index (Phi) is 5.74. The minimum Gasteiger partial charge on any atom is -0.497 e. The molecule has 0 bridgehead atoms. The fourth-order valence-electron chi connectivity index (χ4n) is 2.71. The van der Waals surface area contributed by atoms with E-state index in [1.54, 1.807) is 36.4 Å². The molecule has 6 nitrogen and oxygen atoms in total. The molecule has 0 spiro atoms. The number of ether oxygens (including phenoxy) is 2. The highest BCUT2D eigenvalue weighted by molar-refractivity contribution is 6.04. The normalized spacial score (nSPS) is 10.4. The van der Waals surface area contributed by atoms with E-state index in [1.807, 2.05) is 0 Å². The second-order valence-electron chi connectivity index (χ2n) is 6.00. The number of amides is 1. The van der Waals surface area contributed by atoms with Gasteiger partial charge in [-0.1, -0.05) is 18.2 Å². The van der Waals surface area contributed by atoms with Crippen LogP contribution in [0.4, 0.5) is 10.1 Å². The third kappa shape index (κ3) is 4.20. The maximum Gasteiger partial charge on any atom is 0.257 e. The Bertz CT molecular complexity index is 1060. The summed E-state index contributed by atoms with van der Waals surface area (Å²) >= 11 is 0. The van der Waals surface area contributed by atoms with E-state index >= 15 is 0 Å². The van der Waals surface area contributed by atoms with Gasteiger partial charge in [0.15, 0.2) is 0 Å². The SMILES string of the molecule is COc1ccc(OC)c(NC(=O)c2ccc(=O)n(Cc3ccccc3F)c2)c1. The van der Waals surface area contributed by atoms with Crippen LogP contribution in [0.5, 0.6) is 11.5 Å². The van der Waals surface area contributed by atoms with E-state index in [0.717, 1.165) is 0 Å². The Balaban J connectivity index is 1.87. The molecule has 144 valence electrons. The lowest BCUT2D eigenvalue weighted by Gasteiger charge is -2.13. The first-order valence-corrected chi connectivity index (χ1v) is 8.49. The molecule has 7 heteroatoms. The van der Waals surface area contributed by atoms with Crippen molar-refractivity contribution in [2.24, 2.45) is 0 Å². The predicted octanol–water partition coefficient (Wildman–Crippen LogP) is 3.31. The van der Waals surface area contributed by atoms with Gasteiger partial charge in [-0.05, 0) is 24.3 Å². The Morgan fingerprint density at radius 3 is 2.57 bits per heavy atom. The number of benzene rings is 2. The first-order valence-electron chi connectivity index (χ1n) is 8.49. The molecule has 0 radical (unpaired) electrons. The number of nitrogens with zero attached hydrogens (tertiary/aromatic N) is 1. The number of halogens is 1. The number of methoxy groups -OCH3 is 2. The molecule has 0 aliphatic rings. The van der Waals surface area contributed by atoms with Gasteiger partial charge >= 0.3 is 0 Å². The van der Waals surface area contributed by atoms with Crippen molar-refractivity contribution >= 4 is 11.6 Å². The molecule has 3 rings (SSSR count). The van der Waals surface area contributed by atoms with Gasteiger partial charge in [-0.25, -0.2) is 4.39 Å². The topological polar surface area (TPSA) is 69.6 Å². The summed E-state index contributed by atoms with van der Waals surface area (Å²) in [4.78, 5) is 24.8. The summed E-state index contributed by atoms with van der Waals surface area (Å²) in [5.41, 5.74) is 0.704. The van der Waals surface area contributed by atoms with Crippen LogP contribution in [-0.2, 0) is 6.54 Å². The van der Waals surface area contributed by atoms with Crippen molar-refractivity contribution in [2.75, 3.05) is 19.5 Å². The number of anilines is 1. The fourth-order valence-corrected chi connectivity index (χ4v) is 2.71. The Morgan fingerprint density at radius 2 is 1.86 bits per heavy atom. The number of pyridine rings is 1. The van der Waals surface area contributed by atoms with Crippen LogP contribution in [0, 0.1) is 5.82 Å². The van der Waals surface area contributed by atoms with Crippen molar-refractivity contribution in [3.05, 3.63) is 88.1 Å². The van der Waals surface area contributed by atoms with E-state index in [-0.39, 0.29) is 17.7 Å². The lowest BCUT2D eigenvalue weighted by molar-refractivity contribution is 0.102. The van der Waals surface area contributed by atoms with E-state index in [0.29, 0.717) is 22.7 Å². The quantitative estimate of drug-likeness (QED) is 0.710. The molecule has 0 aliphatic heterocycles. The van der Waals surface area contributed by atoms with Crippen LogP contribution in [0.1, 0.15) is 15.9 Å². The van der Waals surface area contributed by atoms with E-state index in [2.05, 4.69) is 5.32 Å². The van der Waals surface area contributed by atoms with E-state index in [4.69, 9.17) is 9.47 Å². The highest BCUT2D eigenvalue weighted by atomic mass is 19.1. The number of rotatable bonds is 6. The molecular weight excluding hydrogens is 363 g/mol. The zero-order chi connectivity index (χ0) is 20.1. The Morgan fingerprint density at radius 1 is 1.07 bits per heavy atom. The zero-order valence-electron chi connectivity index (χ0n) is 15.4. The number of carbonyl (C=O) groups excluding carboxylic acids is 1. The highest BCUT2D eigenvalue weighted by Crippen LogP contribution is 2.29. The largest absolute Gasteiger partial charge is 0.497 e. The summed E-state index contributed by atoms with van der Waals surface area (Å²) in [6, 6.07) is 13.9. The molecule has 1 aromatic heterocycles. The van der Waals surface area contributed by atoms with Crippen molar-refractivity contribution in [2.45, 2.75) is 6.54 Å². The zero-order valence-corrected chi connectivity index (χ0v) is 15.4. The van der Waals surface area contributed by atoms with Gasteiger partial charge < -0.3 is 19.4 Å². The number of hydrogen-bond acceptors (Lipinski definition) is 4. The lowest BCUT2D eigenvalue weighted by Crippen LogP contribution is -2.23. The molecule has 1 amide bonds. The molecular formula is C21H19FN2O4. The average molecular weight is 382 g/mol. The van der Waals surface area contributed by atoms with Gasteiger partial charge in [0.25, 0.3) is 11.5 Å². The first kappa shape index (κ1) is 19.2. The molecule has 0 fully saturated rings. The van der Waals surface area contributed by atoms with Crippen molar-refractivity contribution in [1.82, 2.24) is 4.57 Å². The summed E-state index contributed by atoms with van der Waals surface area (Å²) in [6.07, 6.45) is 1.40. The average Bonchev–Trinajstić information content (AvgIpc) is 2.71. The summed E-state index contributed by atoms with van der Waals surface area (Å²) in [7, 11) is 3.01. The Labute approximate surface area is 161 Å². The molecule has 0 aliphatic carbocycles. The number of aromatic nitrogens is 1. The van der Waals surface area contributed by atoms with Gasteiger partial charge in [0.2, 0.25) is 0 Å². The minimum atomic E-state index is -0.436. The maximum atomic E-state index is 13.9. The molecule has 0 saturated carbocycles. The van der Waals surface area contributed by atoms with Crippen molar-refractivity contribution in [1.29, 1.82) is 0 Å². The van der Waals surface area contributed by atoms with Crippen LogP contribution in [-0.4, -0.2) is 24.7 Å². The molecule has 0 unspecified atom stereocenters. The van der Waals surface area contributed by atoms with Crippen LogP contribution < -0.4 is 20.3 Å². The highest BCUT2D eigenvalue weighted by Gasteiger charge is 2.13. The maximum absolute atomic E-state index is 13.9. The van der Waals surface area contributed by atoms with E-state index < -0.39 is 11.7 Å². The third-order valence-electron chi connectivity index (χ3n) is 4.20. The van der Waals surface area contributed by atoms with Gasteiger partial charge in [0, 0.05) is 23.9 Å². The van der Waals surface area contributed by atoms with Crippen LogP contribution in [0.3, 0.4) is 0 Å². The Hall–Kier alpha value is -3.61. The van der Waals surface area contributed by atoms with Crippen LogP contribution in [0.25, 0.3) is 0 Å². The van der Waals surface area contributed by atoms with Crippen molar-refractivity contribution < 1.29 is 18.7 Å². The number of hydrogen-bond donors (Lipinski definition) is 1. The summed E-state index contributed by atoms with van der Waals surface area (Å²) in [6.45, 7) is 0.0229. The molecule has 1 heterocycles. The van der Waals surface area contributed by atoms with E-state index in [9.17, 15) is 14.0 Å². The first-order chi connectivity index (χ1) is 13.5. The van der Waals surface area contributed by atoms with Gasteiger partial charge in [0.1, 0.15) is 17.3 Å². The molecule has 1 N–H and O–H groups in total. The minimum absolute atomic E-state index is 0.0229. The summed E-state index contributed by atoms with van der Waals surface area (Å²) in [5.74, 6) is 0.175. The second kappa shape index (κ2) is 8.39. The fraction of sp³-hybridized carbons (Fsp3) is 0.143. The van der Waals surface area contributed by atoms with Crippen LogP contribution in [0.15, 0.2) is 65.6 Å². The molecule has 28 heavy (non-hydrogen) atoms. The second-order valence-corrected chi connectivity index (χ2v) is 6.00. The molecule has 2 aromatic carbocycles. The number of nitrogens with one attached hydrogen (secondary N) is 1. The lowest BCUT2D eigenvalue weighted by atomic mass is 10.2. The smallest absolute Gasteiger partial charge is 0.257 e. The predicted molar refractivity (Wildman–Crippen MR) is 104 cm³/mol. The summed E-state index contributed by atoms with van der Waals surface area (Å²) < 4.78 is 25.6. The van der Waals surface area contributed by atoms with Crippen molar-refractivity contribution in [3.63, 3.8) is 0 Å². The summed E-state index contributed by atoms with van der Waals surface area (Å²) in [5, 5.41) is 2.74. The number of carbonyl (C=O) groups is 1. The molecule has 0 atom stereocenters. The van der Waals surface area contributed by atoms with Gasteiger partial charge in [-0.3, -0.25) is 9.59 Å². The van der Waals surface area contributed by atoms with E-state index in [1.165, 1.54) is 43.2 Å². The monoisotopic (exact) mass is 382 g/mol. The van der Waals surface area contributed by atoms with Gasteiger partial charge in [0.05, 0.1) is 32.0 Å². The van der Waals surface area contributed by atoms with Gasteiger partial charge in [-0.15, -0.1) is 0 Å². The van der Waals surface area contributed by atoms with Gasteiger partial charge in [-0.2, -0.15) is 0 Å². The standard InChI is InChI=1S/C21H19FN2O4/c1-27-16-8-9-19(28-2)18(11-16)23-21(26)15-7-10-20(25)24(13-15)12-14-5-3-4-6-17(14)22/h3-11,13H,12H2,1-2H3,(H,23,26). The third-order valence-corrected chi connectivity index (χ3v) is 4.20.